The highest BCUT2D eigenvalue weighted by Gasteiger charge is 2.11. The topological polar surface area (TPSA) is 17.8 Å². The van der Waals surface area contributed by atoms with E-state index in [1.54, 1.807) is 17.5 Å². The molecule has 3 heterocycles. The number of aryl methyl sites for hydroxylation is 1. The Morgan fingerprint density at radius 2 is 2.25 bits per heavy atom. The Labute approximate surface area is 102 Å². The molecule has 0 fully saturated rings. The van der Waals surface area contributed by atoms with E-state index in [9.17, 15) is 0 Å². The van der Waals surface area contributed by atoms with Gasteiger partial charge in [0.2, 0.25) is 0 Å². The van der Waals surface area contributed by atoms with Gasteiger partial charge in [0.15, 0.2) is 5.82 Å². The summed E-state index contributed by atoms with van der Waals surface area (Å²) in [5.41, 5.74) is 2.32. The third kappa shape index (κ3) is 1.36. The molecule has 0 aliphatic heterocycles. The molecule has 0 aliphatic carbocycles. The van der Waals surface area contributed by atoms with Gasteiger partial charge in [0, 0.05) is 11.9 Å². The normalized spacial score (nSPS) is 11.1. The zero-order chi connectivity index (χ0) is 11.1. The molecule has 0 N–H and O–H groups in total. The molecular weight excluding hydrogens is 240 g/mol. The second-order valence-electron chi connectivity index (χ2n) is 3.60. The van der Waals surface area contributed by atoms with Crippen molar-refractivity contribution in [2.24, 2.45) is 0 Å². The average molecular weight is 249 g/mol. The van der Waals surface area contributed by atoms with E-state index in [0.29, 0.717) is 5.02 Å². The fourth-order valence-corrected chi connectivity index (χ4v) is 2.94. The average Bonchev–Trinajstić information content (AvgIpc) is 2.79. The summed E-state index contributed by atoms with van der Waals surface area (Å²) in [5, 5.41) is 2.76. The van der Waals surface area contributed by atoms with E-state index >= 15 is 0 Å². The number of thiophene rings is 1. The molecule has 2 nitrogen and oxygen atoms in total. The minimum Gasteiger partial charge on any atom is -0.296 e. The van der Waals surface area contributed by atoms with Gasteiger partial charge in [-0.2, -0.15) is 0 Å². The molecule has 0 saturated carbocycles. The lowest BCUT2D eigenvalue weighted by atomic mass is 10.4. The van der Waals surface area contributed by atoms with E-state index < -0.39 is 0 Å². The first-order valence-corrected chi connectivity index (χ1v) is 6.19. The Kier molecular flexibility index (Phi) is 2.23. The molecule has 4 heteroatoms. The lowest BCUT2D eigenvalue weighted by Crippen LogP contribution is -1.99. The van der Waals surface area contributed by atoms with Crippen LogP contribution >= 0.6 is 22.9 Å². The highest BCUT2D eigenvalue weighted by atomic mass is 35.5. The van der Waals surface area contributed by atoms with Crippen LogP contribution in [0.1, 0.15) is 5.69 Å². The van der Waals surface area contributed by atoms with Crippen molar-refractivity contribution >= 4 is 33.2 Å². The quantitative estimate of drug-likeness (QED) is 0.635. The molecular formula is C12H9ClN2S. The van der Waals surface area contributed by atoms with Gasteiger partial charge in [0.1, 0.15) is 0 Å². The summed E-state index contributed by atoms with van der Waals surface area (Å²) < 4.78 is 3.35. The van der Waals surface area contributed by atoms with E-state index in [-0.39, 0.29) is 0 Å². The number of hydrogen-bond donors (Lipinski definition) is 0. The molecule has 3 aromatic heterocycles. The van der Waals surface area contributed by atoms with Gasteiger partial charge in [-0.15, -0.1) is 11.3 Å². The van der Waals surface area contributed by atoms with Crippen LogP contribution in [0.15, 0.2) is 35.8 Å². The van der Waals surface area contributed by atoms with Crippen molar-refractivity contribution in [1.29, 1.82) is 0 Å². The highest BCUT2D eigenvalue weighted by molar-refractivity contribution is 7.17. The molecule has 0 aromatic carbocycles. The van der Waals surface area contributed by atoms with Gasteiger partial charge in [-0.1, -0.05) is 11.6 Å². The summed E-state index contributed by atoms with van der Waals surface area (Å²) in [6, 6.07) is 7.96. The van der Waals surface area contributed by atoms with Crippen LogP contribution in [0.2, 0.25) is 5.02 Å². The second-order valence-corrected chi connectivity index (χ2v) is 4.95. The number of hydrogen-bond acceptors (Lipinski definition) is 2. The molecule has 0 radical (unpaired) electrons. The molecule has 0 unspecified atom stereocenters. The molecule has 3 aromatic rings. The summed E-state index contributed by atoms with van der Waals surface area (Å²) in [6.45, 7) is 2.07. The molecule has 0 saturated heterocycles. The van der Waals surface area contributed by atoms with Gasteiger partial charge in [-0.25, -0.2) is 4.98 Å². The van der Waals surface area contributed by atoms with E-state index in [1.165, 1.54) is 10.2 Å². The first-order chi connectivity index (χ1) is 7.77. The van der Waals surface area contributed by atoms with Gasteiger partial charge in [-0.3, -0.25) is 4.57 Å². The van der Waals surface area contributed by atoms with E-state index in [2.05, 4.69) is 34.0 Å². The lowest BCUT2D eigenvalue weighted by molar-refractivity contribution is 0.994. The van der Waals surface area contributed by atoms with E-state index in [0.717, 1.165) is 11.5 Å². The molecule has 80 valence electrons. The van der Waals surface area contributed by atoms with Crippen LogP contribution in [0.5, 0.6) is 0 Å². The number of rotatable bonds is 1. The Balaban J connectivity index is 2.37. The van der Waals surface area contributed by atoms with Crippen LogP contribution in [0.3, 0.4) is 0 Å². The maximum Gasteiger partial charge on any atom is 0.156 e. The van der Waals surface area contributed by atoms with Crippen molar-refractivity contribution in [1.82, 2.24) is 9.55 Å². The van der Waals surface area contributed by atoms with Crippen molar-refractivity contribution in [2.45, 2.75) is 6.92 Å². The Hall–Kier alpha value is -1.32. The maximum absolute atomic E-state index is 6.18. The van der Waals surface area contributed by atoms with Crippen molar-refractivity contribution in [3.05, 3.63) is 46.6 Å². The Morgan fingerprint density at radius 1 is 1.38 bits per heavy atom. The molecule has 0 spiro atoms. The Bertz CT molecular complexity index is 654. The number of pyridine rings is 1. The Morgan fingerprint density at radius 3 is 3.06 bits per heavy atom. The largest absolute Gasteiger partial charge is 0.296 e. The SMILES string of the molecule is Cc1cc2sccc2n1-c1ncccc1Cl. The summed E-state index contributed by atoms with van der Waals surface area (Å²) >= 11 is 7.91. The van der Waals surface area contributed by atoms with Crippen molar-refractivity contribution < 1.29 is 0 Å². The zero-order valence-electron chi connectivity index (χ0n) is 8.64. The molecule has 0 atom stereocenters. The number of aromatic nitrogens is 2. The lowest BCUT2D eigenvalue weighted by Gasteiger charge is -2.07. The molecule has 3 rings (SSSR count). The second kappa shape index (κ2) is 3.61. The number of halogens is 1. The minimum absolute atomic E-state index is 0.675. The van der Waals surface area contributed by atoms with Gasteiger partial charge in [0.05, 0.1) is 15.2 Å². The van der Waals surface area contributed by atoms with Crippen LogP contribution < -0.4 is 0 Å². The van der Waals surface area contributed by atoms with E-state index in [1.807, 2.05) is 12.1 Å². The number of nitrogens with zero attached hydrogens (tertiary/aromatic N) is 2. The van der Waals surface area contributed by atoms with Gasteiger partial charge < -0.3 is 0 Å². The van der Waals surface area contributed by atoms with Crippen LogP contribution in [-0.4, -0.2) is 9.55 Å². The summed E-state index contributed by atoms with van der Waals surface area (Å²) in [5.74, 6) is 0.801. The van der Waals surface area contributed by atoms with Gasteiger partial charge in [0.25, 0.3) is 0 Å². The predicted octanol–water partition coefficient (Wildman–Crippen LogP) is 4.05. The molecule has 0 amide bonds. The van der Waals surface area contributed by atoms with Gasteiger partial charge in [-0.05, 0) is 36.6 Å². The minimum atomic E-state index is 0.675. The van der Waals surface area contributed by atoms with Crippen molar-refractivity contribution in [3.8, 4) is 5.82 Å². The highest BCUT2D eigenvalue weighted by Crippen LogP contribution is 2.29. The van der Waals surface area contributed by atoms with Crippen LogP contribution in [-0.2, 0) is 0 Å². The standard InChI is InChI=1S/C12H9ClN2S/c1-8-7-11-10(4-6-16-11)15(8)12-9(13)3-2-5-14-12/h2-7H,1H3. The molecule has 0 aliphatic rings. The molecule has 0 bridgehead atoms. The van der Waals surface area contributed by atoms with Crippen molar-refractivity contribution in [2.75, 3.05) is 0 Å². The summed E-state index contributed by atoms with van der Waals surface area (Å²) in [4.78, 5) is 4.35. The number of fused-ring (bicyclic) bond motifs is 1. The third-order valence-corrected chi connectivity index (χ3v) is 3.71. The summed E-state index contributed by atoms with van der Waals surface area (Å²) in [6.07, 6.45) is 1.76. The zero-order valence-corrected chi connectivity index (χ0v) is 10.2. The molecule has 16 heavy (non-hydrogen) atoms. The van der Waals surface area contributed by atoms with Crippen LogP contribution in [0.4, 0.5) is 0 Å². The van der Waals surface area contributed by atoms with Crippen LogP contribution in [0.25, 0.3) is 16.0 Å². The van der Waals surface area contributed by atoms with Crippen molar-refractivity contribution in [3.63, 3.8) is 0 Å². The fraction of sp³-hybridized carbons (Fsp3) is 0.0833. The summed E-state index contributed by atoms with van der Waals surface area (Å²) in [7, 11) is 0. The predicted molar refractivity (Wildman–Crippen MR) is 68.7 cm³/mol. The smallest absolute Gasteiger partial charge is 0.156 e. The monoisotopic (exact) mass is 248 g/mol. The van der Waals surface area contributed by atoms with Crippen LogP contribution in [0, 0.1) is 6.92 Å². The van der Waals surface area contributed by atoms with Gasteiger partial charge >= 0.3 is 0 Å². The first kappa shape index (κ1) is 9.87. The fourth-order valence-electron chi connectivity index (χ4n) is 1.87. The van der Waals surface area contributed by atoms with E-state index in [4.69, 9.17) is 11.6 Å². The first-order valence-electron chi connectivity index (χ1n) is 4.94. The third-order valence-electron chi connectivity index (χ3n) is 2.56. The maximum atomic E-state index is 6.18.